The predicted molar refractivity (Wildman–Crippen MR) is 86.1 cm³/mol. The molecule has 1 unspecified atom stereocenters. The van der Waals surface area contributed by atoms with Crippen molar-refractivity contribution in [3.63, 3.8) is 0 Å². The van der Waals surface area contributed by atoms with E-state index < -0.39 is 26.7 Å². The van der Waals surface area contributed by atoms with Crippen LogP contribution in [0.25, 0.3) is 0 Å². The normalized spacial score (nSPS) is 13.0. The summed E-state index contributed by atoms with van der Waals surface area (Å²) in [5, 5.41) is 7.73. The van der Waals surface area contributed by atoms with Crippen LogP contribution in [0.15, 0.2) is 21.5 Å². The highest BCUT2D eigenvalue weighted by molar-refractivity contribution is 9.10. The molecule has 1 aromatic rings. The Kier molecular flexibility index (Phi) is 6.51. The molecule has 1 rings (SSSR count). The van der Waals surface area contributed by atoms with Crippen molar-refractivity contribution in [3.05, 3.63) is 27.7 Å². The van der Waals surface area contributed by atoms with Gasteiger partial charge in [-0.05, 0) is 24.6 Å². The number of halogens is 1. The summed E-state index contributed by atoms with van der Waals surface area (Å²) in [6, 6.07) is 2.76. The van der Waals surface area contributed by atoms with E-state index in [1.165, 1.54) is 12.1 Å². The van der Waals surface area contributed by atoms with Crippen LogP contribution in [0.4, 0.5) is 0 Å². The minimum Gasteiger partial charge on any atom is -0.351 e. The van der Waals surface area contributed by atoms with Crippen LogP contribution in [0, 0.1) is 6.92 Å². The molecular weight excluding hydrogens is 380 g/mol. The molecule has 1 amide bonds. The van der Waals surface area contributed by atoms with Crippen LogP contribution in [-0.2, 0) is 20.8 Å². The zero-order chi connectivity index (χ0) is 16.2. The van der Waals surface area contributed by atoms with Gasteiger partial charge in [-0.2, -0.15) is 0 Å². The van der Waals surface area contributed by atoms with Gasteiger partial charge in [-0.15, -0.1) is 0 Å². The van der Waals surface area contributed by atoms with Crippen LogP contribution in [0.2, 0.25) is 0 Å². The molecule has 1 aromatic carbocycles. The molecule has 0 aromatic heterocycles. The summed E-state index contributed by atoms with van der Waals surface area (Å²) in [6.07, 6.45) is 0. The van der Waals surface area contributed by atoms with E-state index in [9.17, 15) is 17.4 Å². The minimum atomic E-state index is -3.91. The predicted octanol–water partition coefficient (Wildman–Crippen LogP) is 0.903. The van der Waals surface area contributed by atoms with E-state index in [-0.39, 0.29) is 17.0 Å². The second kappa shape index (κ2) is 7.48. The highest BCUT2D eigenvalue weighted by Crippen LogP contribution is 2.25. The lowest BCUT2D eigenvalue weighted by Gasteiger charge is -2.10. The van der Waals surface area contributed by atoms with E-state index in [0.717, 1.165) is 0 Å². The number of nitrogens with two attached hydrogens (primary N) is 1. The average Bonchev–Trinajstić information content (AvgIpc) is 2.39. The number of hydrogen-bond acceptors (Lipinski definition) is 4. The zero-order valence-corrected chi connectivity index (χ0v) is 14.9. The number of carbonyl (C=O) groups is 1. The zero-order valence-electron chi connectivity index (χ0n) is 11.7. The standard InChI is InChI=1S/C12H17BrN2O4S2/c1-3-20(17)5-4-15-12(16)9-6-10(13)8(2)11(7-9)21(14,18)19/h6-7H,3-5H2,1-2H3,(H,15,16)(H2,14,18,19). The van der Waals surface area contributed by atoms with E-state index in [1.807, 2.05) is 0 Å². The van der Waals surface area contributed by atoms with Gasteiger partial charge in [-0.1, -0.05) is 22.9 Å². The van der Waals surface area contributed by atoms with Crippen molar-refractivity contribution in [2.45, 2.75) is 18.7 Å². The van der Waals surface area contributed by atoms with E-state index in [0.29, 0.717) is 21.5 Å². The second-order valence-electron chi connectivity index (χ2n) is 4.31. The van der Waals surface area contributed by atoms with E-state index >= 15 is 0 Å². The van der Waals surface area contributed by atoms with Gasteiger partial charge in [0.25, 0.3) is 5.91 Å². The lowest BCUT2D eigenvalue weighted by molar-refractivity contribution is 0.0956. The fourth-order valence-corrected chi connectivity index (χ4v) is 3.64. The summed E-state index contributed by atoms with van der Waals surface area (Å²) in [5.74, 6) is 0.451. The van der Waals surface area contributed by atoms with Gasteiger partial charge in [0.1, 0.15) is 0 Å². The van der Waals surface area contributed by atoms with Crippen LogP contribution in [-0.4, -0.2) is 36.6 Å². The molecule has 0 aliphatic rings. The first-order valence-electron chi connectivity index (χ1n) is 6.13. The van der Waals surface area contributed by atoms with Crippen molar-refractivity contribution in [2.75, 3.05) is 18.1 Å². The molecule has 6 nitrogen and oxygen atoms in total. The second-order valence-corrected chi connectivity index (χ2v) is 8.56. The average molecular weight is 397 g/mol. The van der Waals surface area contributed by atoms with Crippen LogP contribution in [0.5, 0.6) is 0 Å². The van der Waals surface area contributed by atoms with E-state index in [1.54, 1.807) is 13.8 Å². The highest BCUT2D eigenvalue weighted by atomic mass is 79.9. The molecule has 0 fully saturated rings. The molecule has 0 aliphatic heterocycles. The van der Waals surface area contributed by atoms with Crippen LogP contribution < -0.4 is 10.5 Å². The van der Waals surface area contributed by atoms with Crippen molar-refractivity contribution < 1.29 is 17.4 Å². The summed E-state index contributed by atoms with van der Waals surface area (Å²) in [7, 11) is -4.87. The lowest BCUT2D eigenvalue weighted by atomic mass is 10.1. The third-order valence-electron chi connectivity index (χ3n) is 2.80. The Morgan fingerprint density at radius 2 is 2.05 bits per heavy atom. The Hall–Kier alpha value is -0.770. The number of nitrogens with one attached hydrogen (secondary N) is 1. The van der Waals surface area contributed by atoms with Gasteiger partial charge in [-0.3, -0.25) is 9.00 Å². The lowest BCUT2D eigenvalue weighted by Crippen LogP contribution is -2.28. The number of carbonyl (C=O) groups excluding carboxylic acids is 1. The Bertz CT molecular complexity index is 674. The van der Waals surface area contributed by atoms with E-state index in [4.69, 9.17) is 5.14 Å². The van der Waals surface area contributed by atoms with Crippen molar-refractivity contribution in [2.24, 2.45) is 5.14 Å². The summed E-state index contributed by atoms with van der Waals surface area (Å²) in [5.41, 5.74) is 0.625. The number of primary sulfonamides is 1. The Morgan fingerprint density at radius 1 is 1.43 bits per heavy atom. The molecular formula is C12H17BrN2O4S2. The first-order valence-corrected chi connectivity index (χ1v) is 9.95. The molecule has 3 N–H and O–H groups in total. The van der Waals surface area contributed by atoms with E-state index in [2.05, 4.69) is 21.2 Å². The molecule has 0 spiro atoms. The van der Waals surface area contributed by atoms with Crippen molar-refractivity contribution in [3.8, 4) is 0 Å². The van der Waals surface area contributed by atoms with Crippen LogP contribution in [0.1, 0.15) is 22.8 Å². The maximum Gasteiger partial charge on any atom is 0.251 e. The highest BCUT2D eigenvalue weighted by Gasteiger charge is 2.18. The molecule has 0 saturated heterocycles. The molecule has 0 aliphatic carbocycles. The Morgan fingerprint density at radius 3 is 2.57 bits per heavy atom. The molecule has 21 heavy (non-hydrogen) atoms. The van der Waals surface area contributed by atoms with Gasteiger partial charge in [0.05, 0.1) is 4.90 Å². The molecule has 9 heteroatoms. The molecule has 0 radical (unpaired) electrons. The van der Waals surface area contributed by atoms with Gasteiger partial charge < -0.3 is 5.32 Å². The Labute approximate surface area is 135 Å². The first kappa shape index (κ1) is 18.3. The van der Waals surface area contributed by atoms with Crippen molar-refractivity contribution in [1.29, 1.82) is 0 Å². The quantitative estimate of drug-likeness (QED) is 0.744. The third-order valence-corrected chi connectivity index (χ3v) is 5.97. The maximum absolute atomic E-state index is 12.0. The maximum atomic E-state index is 12.0. The van der Waals surface area contributed by atoms with Gasteiger partial charge in [0.15, 0.2) is 0 Å². The van der Waals surface area contributed by atoms with Gasteiger partial charge in [0, 0.05) is 38.9 Å². The van der Waals surface area contributed by atoms with Crippen LogP contribution >= 0.6 is 15.9 Å². The van der Waals surface area contributed by atoms with Gasteiger partial charge >= 0.3 is 0 Å². The summed E-state index contributed by atoms with van der Waals surface area (Å²) in [4.78, 5) is 11.9. The molecule has 0 bridgehead atoms. The number of sulfonamides is 1. The van der Waals surface area contributed by atoms with Crippen molar-refractivity contribution in [1.82, 2.24) is 5.32 Å². The SMILES string of the molecule is CCS(=O)CCNC(=O)c1cc(Br)c(C)c(S(N)(=O)=O)c1. The third kappa shape index (κ3) is 5.17. The number of benzene rings is 1. The van der Waals surface area contributed by atoms with Crippen LogP contribution in [0.3, 0.4) is 0 Å². The minimum absolute atomic E-state index is 0.0980. The van der Waals surface area contributed by atoms with Gasteiger partial charge in [0.2, 0.25) is 10.0 Å². The Balaban J connectivity index is 2.96. The first-order chi connectivity index (χ1) is 9.66. The monoisotopic (exact) mass is 396 g/mol. The summed E-state index contributed by atoms with van der Waals surface area (Å²) >= 11 is 3.21. The fraction of sp³-hybridized carbons (Fsp3) is 0.417. The van der Waals surface area contributed by atoms with Crippen molar-refractivity contribution >= 4 is 42.7 Å². The number of rotatable bonds is 6. The van der Waals surface area contributed by atoms with Gasteiger partial charge in [-0.25, -0.2) is 13.6 Å². The number of amides is 1. The largest absolute Gasteiger partial charge is 0.351 e. The molecule has 0 saturated carbocycles. The smallest absolute Gasteiger partial charge is 0.251 e. The summed E-state index contributed by atoms with van der Waals surface area (Å²) < 4.78 is 34.8. The number of hydrogen-bond donors (Lipinski definition) is 2. The topological polar surface area (TPSA) is 106 Å². The molecule has 1 atom stereocenters. The molecule has 118 valence electrons. The fourth-order valence-electron chi connectivity index (χ4n) is 1.61. The molecule has 0 heterocycles. The summed E-state index contributed by atoms with van der Waals surface area (Å²) in [6.45, 7) is 3.65.